The SMILES string of the molecule is Cc1oc(C(=O)O)cc1CS(=O)(=O)CC1CCCC1. The molecule has 0 unspecified atom stereocenters. The largest absolute Gasteiger partial charge is 0.475 e. The van der Waals surface area contributed by atoms with Crippen LogP contribution in [0.5, 0.6) is 0 Å². The lowest BCUT2D eigenvalue weighted by Crippen LogP contribution is -2.15. The van der Waals surface area contributed by atoms with Gasteiger partial charge < -0.3 is 9.52 Å². The van der Waals surface area contributed by atoms with Crippen LogP contribution in [-0.4, -0.2) is 25.2 Å². The van der Waals surface area contributed by atoms with Crippen LogP contribution in [0, 0.1) is 12.8 Å². The number of aryl methyl sites for hydroxylation is 1. The Morgan fingerprint density at radius 1 is 1.42 bits per heavy atom. The Bertz CT molecular complexity index is 564. The topological polar surface area (TPSA) is 84.6 Å². The molecule has 1 aliphatic rings. The van der Waals surface area contributed by atoms with Gasteiger partial charge in [-0.2, -0.15) is 0 Å². The third kappa shape index (κ3) is 3.59. The van der Waals surface area contributed by atoms with Gasteiger partial charge in [0.15, 0.2) is 9.84 Å². The van der Waals surface area contributed by atoms with Crippen molar-refractivity contribution in [3.8, 4) is 0 Å². The van der Waals surface area contributed by atoms with Crippen LogP contribution in [0.25, 0.3) is 0 Å². The predicted octanol–water partition coefficient (Wildman–Crippen LogP) is 2.39. The van der Waals surface area contributed by atoms with E-state index in [1.165, 1.54) is 6.07 Å². The minimum Gasteiger partial charge on any atom is -0.475 e. The van der Waals surface area contributed by atoms with Crippen molar-refractivity contribution in [1.82, 2.24) is 0 Å². The zero-order valence-corrected chi connectivity index (χ0v) is 11.7. The number of aromatic carboxylic acids is 1. The number of rotatable bonds is 5. The molecule has 0 aromatic carbocycles. The van der Waals surface area contributed by atoms with E-state index in [0.717, 1.165) is 25.7 Å². The molecule has 0 bridgehead atoms. The van der Waals surface area contributed by atoms with Gasteiger partial charge in [-0.15, -0.1) is 0 Å². The lowest BCUT2D eigenvalue weighted by molar-refractivity contribution is 0.0661. The molecule has 106 valence electrons. The monoisotopic (exact) mass is 286 g/mol. The molecule has 0 atom stereocenters. The summed E-state index contributed by atoms with van der Waals surface area (Å²) in [5, 5.41) is 8.81. The molecular formula is C13H18O5S. The molecule has 19 heavy (non-hydrogen) atoms. The number of hydrogen-bond donors (Lipinski definition) is 1. The molecule has 0 radical (unpaired) electrons. The minimum atomic E-state index is -3.21. The number of furan rings is 1. The van der Waals surface area contributed by atoms with Crippen molar-refractivity contribution in [2.24, 2.45) is 5.92 Å². The first-order chi connectivity index (χ1) is 8.87. The second-order valence-corrected chi connectivity index (χ2v) is 7.31. The Balaban J connectivity index is 2.08. The molecule has 1 saturated carbocycles. The summed E-state index contributed by atoms with van der Waals surface area (Å²) in [4.78, 5) is 10.8. The van der Waals surface area contributed by atoms with Gasteiger partial charge in [-0.05, 0) is 31.7 Å². The maximum Gasteiger partial charge on any atom is 0.371 e. The molecule has 5 nitrogen and oxygen atoms in total. The van der Waals surface area contributed by atoms with Gasteiger partial charge in [0.1, 0.15) is 5.76 Å². The maximum absolute atomic E-state index is 12.1. The summed E-state index contributed by atoms with van der Waals surface area (Å²) in [6.07, 6.45) is 4.16. The first-order valence-corrected chi connectivity index (χ1v) is 8.22. The van der Waals surface area contributed by atoms with Crippen molar-refractivity contribution in [2.45, 2.75) is 38.4 Å². The standard InChI is InChI=1S/C13H18O5S/c1-9-11(6-12(18-9)13(14)15)8-19(16,17)7-10-4-2-3-5-10/h6,10H,2-5,7-8H2,1H3,(H,14,15). The molecule has 6 heteroatoms. The van der Waals surface area contributed by atoms with Crippen molar-refractivity contribution in [3.63, 3.8) is 0 Å². The van der Waals surface area contributed by atoms with Gasteiger partial charge in [-0.3, -0.25) is 0 Å². The molecule has 1 aromatic rings. The van der Waals surface area contributed by atoms with E-state index in [0.29, 0.717) is 11.3 Å². The highest BCUT2D eigenvalue weighted by molar-refractivity contribution is 7.90. The van der Waals surface area contributed by atoms with Gasteiger partial charge >= 0.3 is 5.97 Å². The van der Waals surface area contributed by atoms with Gasteiger partial charge in [0.2, 0.25) is 5.76 Å². The van der Waals surface area contributed by atoms with Crippen molar-refractivity contribution >= 4 is 15.8 Å². The molecule has 1 fully saturated rings. The highest BCUT2D eigenvalue weighted by atomic mass is 32.2. The van der Waals surface area contributed by atoms with Gasteiger partial charge in [-0.25, -0.2) is 13.2 Å². The quantitative estimate of drug-likeness (QED) is 0.898. The summed E-state index contributed by atoms with van der Waals surface area (Å²) in [7, 11) is -3.21. The molecule has 1 aliphatic carbocycles. The fraction of sp³-hybridized carbons (Fsp3) is 0.615. The number of sulfone groups is 1. The van der Waals surface area contributed by atoms with E-state index in [9.17, 15) is 13.2 Å². The summed E-state index contributed by atoms with van der Waals surface area (Å²) in [5.74, 6) is -0.693. The average molecular weight is 286 g/mol. The number of carboxylic acids is 1. The van der Waals surface area contributed by atoms with E-state index in [1.807, 2.05) is 0 Å². The Hall–Kier alpha value is -1.30. The molecular weight excluding hydrogens is 268 g/mol. The van der Waals surface area contributed by atoms with Crippen LogP contribution < -0.4 is 0 Å². The normalized spacial score (nSPS) is 16.9. The van der Waals surface area contributed by atoms with E-state index >= 15 is 0 Å². The number of carbonyl (C=O) groups is 1. The summed E-state index contributed by atoms with van der Waals surface area (Å²) in [6.45, 7) is 1.59. The van der Waals surface area contributed by atoms with Crippen LogP contribution in [0.4, 0.5) is 0 Å². The van der Waals surface area contributed by atoms with Crippen LogP contribution in [0.1, 0.15) is 47.6 Å². The Labute approximate surface area is 112 Å². The smallest absolute Gasteiger partial charge is 0.371 e. The van der Waals surface area contributed by atoms with Crippen molar-refractivity contribution in [2.75, 3.05) is 5.75 Å². The molecule has 2 rings (SSSR count). The third-order valence-corrected chi connectivity index (χ3v) is 5.30. The zero-order chi connectivity index (χ0) is 14.0. The molecule has 0 saturated heterocycles. The van der Waals surface area contributed by atoms with Gasteiger partial charge in [-0.1, -0.05) is 12.8 Å². The summed E-state index contributed by atoms with van der Waals surface area (Å²) >= 11 is 0. The number of carboxylic acid groups (broad SMARTS) is 1. The van der Waals surface area contributed by atoms with Crippen molar-refractivity contribution in [1.29, 1.82) is 0 Å². The van der Waals surface area contributed by atoms with Crippen LogP contribution in [0.15, 0.2) is 10.5 Å². The highest BCUT2D eigenvalue weighted by Crippen LogP contribution is 2.27. The lowest BCUT2D eigenvalue weighted by atomic mass is 10.1. The Morgan fingerprint density at radius 2 is 2.05 bits per heavy atom. The van der Waals surface area contributed by atoms with Crippen LogP contribution in [0.3, 0.4) is 0 Å². The van der Waals surface area contributed by atoms with Gasteiger partial charge in [0.25, 0.3) is 0 Å². The Morgan fingerprint density at radius 3 is 2.58 bits per heavy atom. The lowest BCUT2D eigenvalue weighted by Gasteiger charge is -2.09. The number of hydrogen-bond acceptors (Lipinski definition) is 4. The zero-order valence-electron chi connectivity index (χ0n) is 10.9. The van der Waals surface area contributed by atoms with Crippen LogP contribution >= 0.6 is 0 Å². The van der Waals surface area contributed by atoms with Gasteiger partial charge in [0, 0.05) is 5.56 Å². The van der Waals surface area contributed by atoms with Crippen molar-refractivity contribution in [3.05, 3.63) is 23.2 Å². The van der Waals surface area contributed by atoms with E-state index < -0.39 is 15.8 Å². The van der Waals surface area contributed by atoms with Crippen molar-refractivity contribution < 1.29 is 22.7 Å². The summed E-state index contributed by atoms with van der Waals surface area (Å²) in [6, 6.07) is 1.31. The predicted molar refractivity (Wildman–Crippen MR) is 69.9 cm³/mol. The first-order valence-electron chi connectivity index (χ1n) is 6.40. The maximum atomic E-state index is 12.1. The fourth-order valence-corrected chi connectivity index (χ4v) is 4.53. The fourth-order valence-electron chi connectivity index (χ4n) is 2.60. The van der Waals surface area contributed by atoms with E-state index in [2.05, 4.69) is 0 Å². The third-order valence-electron chi connectivity index (χ3n) is 3.57. The van der Waals surface area contributed by atoms with E-state index in [1.54, 1.807) is 6.92 Å². The molecule has 1 N–H and O–H groups in total. The molecule has 0 aliphatic heterocycles. The molecule has 0 spiro atoms. The summed E-state index contributed by atoms with van der Waals surface area (Å²) in [5.41, 5.74) is 0.454. The highest BCUT2D eigenvalue weighted by Gasteiger charge is 2.25. The second-order valence-electron chi connectivity index (χ2n) is 5.20. The van der Waals surface area contributed by atoms with Gasteiger partial charge in [0.05, 0.1) is 11.5 Å². The van der Waals surface area contributed by atoms with E-state index in [4.69, 9.17) is 9.52 Å². The van der Waals surface area contributed by atoms with Crippen LogP contribution in [-0.2, 0) is 15.6 Å². The van der Waals surface area contributed by atoms with E-state index in [-0.39, 0.29) is 23.2 Å². The first kappa shape index (κ1) is 14.1. The minimum absolute atomic E-state index is 0.133. The average Bonchev–Trinajstić information content (AvgIpc) is 2.88. The van der Waals surface area contributed by atoms with Crippen LogP contribution in [0.2, 0.25) is 0 Å². The molecule has 0 amide bonds. The second kappa shape index (κ2) is 5.36. The molecule has 1 heterocycles. The molecule has 1 aromatic heterocycles. The Kier molecular flexibility index (Phi) is 3.99. The summed E-state index contributed by atoms with van der Waals surface area (Å²) < 4.78 is 29.2.